The quantitative estimate of drug-likeness (QED) is 0.729. The van der Waals surface area contributed by atoms with Gasteiger partial charge < -0.3 is 19.7 Å². The Labute approximate surface area is 168 Å². The molecule has 150 valence electrons. The van der Waals surface area contributed by atoms with Crippen molar-refractivity contribution in [2.45, 2.75) is 13.8 Å². The number of ether oxygens (including phenoxy) is 2. The van der Waals surface area contributed by atoms with Gasteiger partial charge in [-0.1, -0.05) is 6.07 Å². The zero-order chi connectivity index (χ0) is 20.4. The molecule has 1 saturated heterocycles. The first-order valence-corrected chi connectivity index (χ1v) is 9.49. The maximum absolute atomic E-state index is 12.9. The predicted molar refractivity (Wildman–Crippen MR) is 111 cm³/mol. The fourth-order valence-corrected chi connectivity index (χ4v) is 3.45. The smallest absolute Gasteiger partial charge is 0.293 e. The van der Waals surface area contributed by atoms with E-state index >= 15 is 0 Å². The highest BCUT2D eigenvalue weighted by Crippen LogP contribution is 2.28. The number of morpholine rings is 1. The molecule has 8 nitrogen and oxygen atoms in total. The Kier molecular flexibility index (Phi) is 5.26. The molecule has 1 fully saturated rings. The van der Waals surface area contributed by atoms with Gasteiger partial charge in [-0.15, -0.1) is 0 Å². The van der Waals surface area contributed by atoms with Crippen molar-refractivity contribution in [2.75, 3.05) is 43.6 Å². The van der Waals surface area contributed by atoms with Crippen molar-refractivity contribution in [3.05, 3.63) is 47.4 Å². The molecule has 8 heteroatoms. The van der Waals surface area contributed by atoms with Gasteiger partial charge in [-0.05, 0) is 37.6 Å². The van der Waals surface area contributed by atoms with Crippen LogP contribution in [0.4, 0.5) is 11.5 Å². The summed E-state index contributed by atoms with van der Waals surface area (Å²) in [6, 6.07) is 9.16. The summed E-state index contributed by atoms with van der Waals surface area (Å²) in [7, 11) is 1.58. The van der Waals surface area contributed by atoms with Gasteiger partial charge in [0.25, 0.3) is 5.91 Å². The number of aryl methyl sites for hydroxylation is 2. The number of carbonyl (C=O) groups excluding carboxylic acids is 1. The summed E-state index contributed by atoms with van der Waals surface area (Å²) in [6.45, 7) is 6.58. The molecular weight excluding hydrogens is 370 g/mol. The fourth-order valence-electron chi connectivity index (χ4n) is 3.45. The van der Waals surface area contributed by atoms with Gasteiger partial charge in [-0.2, -0.15) is 0 Å². The molecular formula is C21H23N5O3. The lowest BCUT2D eigenvalue weighted by Gasteiger charge is -2.29. The first-order chi connectivity index (χ1) is 14.0. The van der Waals surface area contributed by atoms with E-state index in [1.54, 1.807) is 19.2 Å². The molecule has 1 aromatic carbocycles. The van der Waals surface area contributed by atoms with Gasteiger partial charge in [0.1, 0.15) is 11.6 Å². The molecule has 0 radical (unpaired) electrons. The SMILES string of the molecule is COc1cccc(NC(=O)c2nc(N3CCOCC3)c3c(C)cc(C)nc3n2)c1. The van der Waals surface area contributed by atoms with Crippen LogP contribution in [0, 0.1) is 13.8 Å². The molecule has 0 unspecified atom stereocenters. The zero-order valence-electron chi connectivity index (χ0n) is 16.7. The fraction of sp³-hybridized carbons (Fsp3) is 0.333. The summed E-state index contributed by atoms with van der Waals surface area (Å²) in [6.07, 6.45) is 0. The number of benzene rings is 1. The molecule has 1 aliphatic heterocycles. The number of rotatable bonds is 4. The summed E-state index contributed by atoms with van der Waals surface area (Å²) in [5, 5.41) is 3.71. The highest BCUT2D eigenvalue weighted by atomic mass is 16.5. The third-order valence-corrected chi connectivity index (χ3v) is 4.81. The van der Waals surface area contributed by atoms with E-state index in [0.29, 0.717) is 43.4 Å². The number of carbonyl (C=O) groups is 1. The third-order valence-electron chi connectivity index (χ3n) is 4.81. The molecule has 1 N–H and O–H groups in total. The van der Waals surface area contributed by atoms with Crippen LogP contribution in [0.1, 0.15) is 21.9 Å². The van der Waals surface area contributed by atoms with Crippen molar-refractivity contribution in [2.24, 2.45) is 0 Å². The van der Waals surface area contributed by atoms with E-state index in [9.17, 15) is 4.79 Å². The van der Waals surface area contributed by atoms with E-state index in [1.807, 2.05) is 32.0 Å². The van der Waals surface area contributed by atoms with Crippen LogP contribution < -0.4 is 15.0 Å². The first kappa shape index (κ1) is 19.1. The van der Waals surface area contributed by atoms with Gasteiger partial charge in [0.2, 0.25) is 5.82 Å². The molecule has 1 aliphatic rings. The Bertz CT molecular complexity index is 1060. The summed E-state index contributed by atoms with van der Waals surface area (Å²) >= 11 is 0. The van der Waals surface area contributed by atoms with Crippen molar-refractivity contribution in [3.8, 4) is 5.75 Å². The van der Waals surface area contributed by atoms with E-state index in [-0.39, 0.29) is 5.82 Å². The summed E-state index contributed by atoms with van der Waals surface area (Å²) < 4.78 is 10.7. The summed E-state index contributed by atoms with van der Waals surface area (Å²) in [5.41, 5.74) is 3.02. The van der Waals surface area contributed by atoms with Gasteiger partial charge >= 0.3 is 0 Å². The number of hydrogen-bond acceptors (Lipinski definition) is 7. The molecule has 29 heavy (non-hydrogen) atoms. The van der Waals surface area contributed by atoms with Crippen molar-refractivity contribution < 1.29 is 14.3 Å². The van der Waals surface area contributed by atoms with Crippen LogP contribution in [0.2, 0.25) is 0 Å². The number of nitrogens with one attached hydrogen (secondary N) is 1. The molecule has 0 spiro atoms. The second kappa shape index (κ2) is 8.00. The third kappa shape index (κ3) is 3.97. The first-order valence-electron chi connectivity index (χ1n) is 9.49. The molecule has 3 heterocycles. The van der Waals surface area contributed by atoms with Crippen molar-refractivity contribution in [1.82, 2.24) is 15.0 Å². The number of amides is 1. The minimum Gasteiger partial charge on any atom is -0.497 e. The minimum absolute atomic E-state index is 0.0827. The van der Waals surface area contributed by atoms with E-state index < -0.39 is 5.91 Å². The van der Waals surface area contributed by atoms with E-state index in [2.05, 4.69) is 25.2 Å². The highest BCUT2D eigenvalue weighted by Gasteiger charge is 2.22. The van der Waals surface area contributed by atoms with Gasteiger partial charge in [0.05, 0.1) is 25.7 Å². The van der Waals surface area contributed by atoms with Gasteiger partial charge in [0.15, 0.2) is 5.65 Å². The lowest BCUT2D eigenvalue weighted by Crippen LogP contribution is -2.37. The molecule has 0 saturated carbocycles. The average molecular weight is 393 g/mol. The van der Waals surface area contributed by atoms with Crippen LogP contribution in [0.25, 0.3) is 11.0 Å². The van der Waals surface area contributed by atoms with Crippen LogP contribution in [-0.2, 0) is 4.74 Å². The molecule has 1 amide bonds. The number of methoxy groups -OCH3 is 1. The number of fused-ring (bicyclic) bond motifs is 1. The van der Waals surface area contributed by atoms with Crippen LogP contribution in [0.5, 0.6) is 5.75 Å². The van der Waals surface area contributed by atoms with Crippen LogP contribution in [0.15, 0.2) is 30.3 Å². The monoisotopic (exact) mass is 393 g/mol. The zero-order valence-corrected chi connectivity index (χ0v) is 16.7. The van der Waals surface area contributed by atoms with E-state index in [0.717, 1.165) is 22.5 Å². The number of nitrogens with zero attached hydrogens (tertiary/aromatic N) is 4. The van der Waals surface area contributed by atoms with E-state index in [4.69, 9.17) is 9.47 Å². The number of hydrogen-bond donors (Lipinski definition) is 1. The van der Waals surface area contributed by atoms with E-state index in [1.165, 1.54) is 0 Å². The second-order valence-electron chi connectivity index (χ2n) is 6.94. The number of aromatic nitrogens is 3. The Hall–Kier alpha value is -3.26. The topological polar surface area (TPSA) is 89.5 Å². The normalized spacial score (nSPS) is 14.1. The van der Waals surface area contributed by atoms with Crippen molar-refractivity contribution in [3.63, 3.8) is 0 Å². The minimum atomic E-state index is -0.393. The standard InChI is InChI=1S/C21H23N5O3/c1-13-11-14(2)22-18-17(13)20(26-7-9-29-10-8-26)25-19(24-18)21(27)23-15-5-4-6-16(12-15)28-3/h4-6,11-12H,7-10H2,1-3H3,(H,23,27). The molecule has 0 bridgehead atoms. The maximum Gasteiger partial charge on any atom is 0.293 e. The summed E-state index contributed by atoms with van der Waals surface area (Å²) in [4.78, 5) is 28.7. The largest absolute Gasteiger partial charge is 0.497 e. The van der Waals surface area contributed by atoms with Crippen molar-refractivity contribution >= 4 is 28.4 Å². The number of pyridine rings is 1. The lowest BCUT2D eigenvalue weighted by atomic mass is 10.1. The van der Waals surface area contributed by atoms with Gasteiger partial charge in [-0.3, -0.25) is 4.79 Å². The Morgan fingerprint density at radius 1 is 1.14 bits per heavy atom. The van der Waals surface area contributed by atoms with Crippen LogP contribution in [-0.4, -0.2) is 54.3 Å². The molecule has 2 aromatic heterocycles. The lowest BCUT2D eigenvalue weighted by molar-refractivity contribution is 0.101. The molecule has 0 aliphatic carbocycles. The highest BCUT2D eigenvalue weighted by molar-refractivity contribution is 6.04. The second-order valence-corrected chi connectivity index (χ2v) is 6.94. The Morgan fingerprint density at radius 3 is 2.69 bits per heavy atom. The summed E-state index contributed by atoms with van der Waals surface area (Å²) in [5.74, 6) is 1.07. The average Bonchev–Trinajstić information content (AvgIpc) is 2.73. The Balaban J connectivity index is 1.76. The van der Waals surface area contributed by atoms with Crippen molar-refractivity contribution in [1.29, 1.82) is 0 Å². The molecule has 4 rings (SSSR count). The number of anilines is 2. The van der Waals surface area contributed by atoms with Gasteiger partial charge in [0, 0.05) is 30.5 Å². The van der Waals surface area contributed by atoms with Crippen LogP contribution in [0.3, 0.4) is 0 Å². The van der Waals surface area contributed by atoms with Gasteiger partial charge in [-0.25, -0.2) is 15.0 Å². The molecule has 0 atom stereocenters. The maximum atomic E-state index is 12.9. The Morgan fingerprint density at radius 2 is 1.93 bits per heavy atom. The predicted octanol–water partition coefficient (Wildman–Crippen LogP) is 2.74. The van der Waals surface area contributed by atoms with Crippen LogP contribution >= 0.6 is 0 Å². The molecule has 3 aromatic rings.